The van der Waals surface area contributed by atoms with Crippen LogP contribution in [0.1, 0.15) is 11.1 Å². The third kappa shape index (κ3) is 5.51. The lowest BCUT2D eigenvalue weighted by Crippen LogP contribution is -2.10. The van der Waals surface area contributed by atoms with Gasteiger partial charge in [0.15, 0.2) is 5.69 Å². The van der Waals surface area contributed by atoms with Gasteiger partial charge in [-0.05, 0) is 94.4 Å². The molecule has 0 aliphatic heterocycles. The van der Waals surface area contributed by atoms with E-state index in [0.717, 1.165) is 59.5 Å². The van der Waals surface area contributed by atoms with Crippen LogP contribution in [-0.2, 0) is 0 Å². The van der Waals surface area contributed by atoms with Gasteiger partial charge in [0.1, 0.15) is 0 Å². The highest BCUT2D eigenvalue weighted by Crippen LogP contribution is 2.42. The highest BCUT2D eigenvalue weighted by Gasteiger charge is 2.16. The smallest absolute Gasteiger partial charge is 0.206 e. The lowest BCUT2D eigenvalue weighted by molar-refractivity contribution is 1.28. The highest BCUT2D eigenvalue weighted by molar-refractivity contribution is 7.26. The van der Waals surface area contributed by atoms with E-state index < -0.39 is 0 Å². The molecule has 0 saturated carbocycles. The van der Waals surface area contributed by atoms with Gasteiger partial charge in [-0.1, -0.05) is 72.8 Å². The van der Waals surface area contributed by atoms with Gasteiger partial charge in [-0.25, -0.2) is 9.69 Å². The van der Waals surface area contributed by atoms with Crippen molar-refractivity contribution >= 4 is 91.5 Å². The lowest BCUT2D eigenvalue weighted by Gasteiger charge is -2.26. The second kappa shape index (κ2) is 12.8. The van der Waals surface area contributed by atoms with Crippen molar-refractivity contribution in [2.24, 2.45) is 0 Å². The van der Waals surface area contributed by atoms with E-state index in [2.05, 4.69) is 112 Å². The maximum Gasteiger partial charge on any atom is 0.206 e. The van der Waals surface area contributed by atoms with Crippen LogP contribution < -0.4 is 4.90 Å². The number of thiophene rings is 2. The monoisotopic (exact) mass is 709 g/mol. The van der Waals surface area contributed by atoms with Crippen molar-refractivity contribution in [1.82, 2.24) is 0 Å². The Morgan fingerprint density at radius 1 is 0.453 bits per heavy atom. The van der Waals surface area contributed by atoms with Gasteiger partial charge in [-0.15, -0.1) is 22.7 Å². The van der Waals surface area contributed by atoms with Gasteiger partial charge in [-0.2, -0.15) is 10.5 Å². The van der Waals surface area contributed by atoms with Crippen LogP contribution in [0.3, 0.4) is 0 Å². The van der Waals surface area contributed by atoms with Crippen LogP contribution >= 0.6 is 22.7 Å². The third-order valence-electron chi connectivity index (χ3n) is 9.59. The van der Waals surface area contributed by atoms with Gasteiger partial charge < -0.3 is 4.90 Å². The molecule has 9 rings (SSSR count). The highest BCUT2D eigenvalue weighted by atomic mass is 32.1. The van der Waals surface area contributed by atoms with Gasteiger partial charge in [0.05, 0.1) is 36.4 Å². The molecule has 0 unspecified atom stereocenters. The van der Waals surface area contributed by atoms with Crippen molar-refractivity contribution in [2.45, 2.75) is 0 Å². The first-order chi connectivity index (χ1) is 26.0. The summed E-state index contributed by atoms with van der Waals surface area (Å²) in [6.07, 6.45) is 0. The van der Waals surface area contributed by atoms with Crippen molar-refractivity contribution in [2.75, 3.05) is 4.90 Å². The minimum absolute atomic E-state index is 0.307. The first-order valence-corrected chi connectivity index (χ1v) is 18.3. The second-order valence-corrected chi connectivity index (χ2v) is 14.8. The van der Waals surface area contributed by atoms with Crippen LogP contribution in [0.25, 0.3) is 72.3 Å². The molecule has 0 bridgehead atoms. The van der Waals surface area contributed by atoms with Crippen LogP contribution in [0.2, 0.25) is 0 Å². The number of nitriles is 2. The standard InChI is InChI=1S/C46H23N5S2/c1-49-34-11-20-41-40-19-10-32(23-45(40)53-46(41)24-34)30-6-14-36(15-7-30)51(37-16-8-33(27-48)42(25-37)50-2)35-12-4-29(5-13-35)31-9-18-39-38-17-3-28(26-47)21-43(38)52-44(39)22-31/h3-25H. The van der Waals surface area contributed by atoms with Crippen molar-refractivity contribution in [1.29, 1.82) is 10.5 Å². The molecular formula is C46H23N5S2. The maximum atomic E-state index is 9.62. The Morgan fingerprint density at radius 3 is 1.47 bits per heavy atom. The zero-order chi connectivity index (χ0) is 36.1. The number of fused-ring (bicyclic) bond motifs is 6. The summed E-state index contributed by atoms with van der Waals surface area (Å²) in [4.78, 5) is 9.36. The average molecular weight is 710 g/mol. The van der Waals surface area contributed by atoms with Gasteiger partial charge in [0, 0.05) is 52.0 Å². The molecule has 0 spiro atoms. The largest absolute Gasteiger partial charge is 0.312 e. The quantitative estimate of drug-likeness (QED) is 0.167. The molecule has 0 atom stereocenters. The predicted octanol–water partition coefficient (Wildman–Crippen LogP) is 14.1. The number of anilines is 3. The van der Waals surface area contributed by atoms with Crippen LogP contribution in [0.4, 0.5) is 28.4 Å². The van der Waals surface area contributed by atoms with Crippen LogP contribution in [0.5, 0.6) is 0 Å². The first kappa shape index (κ1) is 31.7. The van der Waals surface area contributed by atoms with Gasteiger partial charge in [-0.3, -0.25) is 0 Å². The van der Waals surface area contributed by atoms with Crippen molar-refractivity contribution in [3.8, 4) is 34.4 Å². The summed E-state index contributed by atoms with van der Waals surface area (Å²) in [5, 5.41) is 23.7. The molecule has 2 heterocycles. The SMILES string of the molecule is [C-]#[N+]c1ccc2c(c1)sc1cc(-c3ccc(N(c4ccc(-c5ccc6c(c5)sc5cc(C#N)ccc56)cc4)c4ccc(C#N)c([N+]#[C-])c4)cc3)ccc12. The van der Waals surface area contributed by atoms with Gasteiger partial charge in [0.2, 0.25) is 5.69 Å². The molecule has 0 aliphatic carbocycles. The third-order valence-corrected chi connectivity index (χ3v) is 11.8. The maximum absolute atomic E-state index is 9.62. The predicted molar refractivity (Wildman–Crippen MR) is 220 cm³/mol. The molecule has 0 aliphatic rings. The lowest BCUT2D eigenvalue weighted by atomic mass is 10.0. The van der Waals surface area contributed by atoms with Gasteiger partial charge in [0.25, 0.3) is 0 Å². The molecular weight excluding hydrogens is 687 g/mol. The Bertz CT molecular complexity index is 2930. The van der Waals surface area contributed by atoms with E-state index in [1.54, 1.807) is 34.8 Å². The summed E-state index contributed by atoms with van der Waals surface area (Å²) < 4.78 is 4.56. The summed E-state index contributed by atoms with van der Waals surface area (Å²) in [6.45, 7) is 15.1. The molecule has 53 heavy (non-hydrogen) atoms. The fourth-order valence-electron chi connectivity index (χ4n) is 6.94. The number of nitrogens with zero attached hydrogens (tertiary/aromatic N) is 5. The van der Waals surface area contributed by atoms with E-state index in [1.807, 2.05) is 42.5 Å². The van der Waals surface area contributed by atoms with Crippen LogP contribution in [0.15, 0.2) is 140 Å². The molecule has 9 aromatic rings. The zero-order valence-electron chi connectivity index (χ0n) is 27.8. The second-order valence-electron chi connectivity index (χ2n) is 12.6. The Balaban J connectivity index is 1.08. The summed E-state index contributed by atoms with van der Waals surface area (Å²) in [5.41, 5.74) is 8.93. The summed E-state index contributed by atoms with van der Waals surface area (Å²) in [7, 11) is 0. The summed E-state index contributed by atoms with van der Waals surface area (Å²) in [5.74, 6) is 0. The van der Waals surface area contributed by atoms with Crippen LogP contribution in [-0.4, -0.2) is 0 Å². The van der Waals surface area contributed by atoms with E-state index in [-0.39, 0.29) is 0 Å². The molecule has 2 aromatic heterocycles. The summed E-state index contributed by atoms with van der Waals surface area (Å²) >= 11 is 3.40. The molecule has 0 N–H and O–H groups in total. The van der Waals surface area contributed by atoms with Crippen LogP contribution in [0, 0.1) is 35.8 Å². The average Bonchev–Trinajstić information content (AvgIpc) is 3.77. The number of rotatable bonds is 5. The van der Waals surface area contributed by atoms with E-state index in [4.69, 9.17) is 13.1 Å². The molecule has 0 radical (unpaired) electrons. The molecule has 7 aromatic carbocycles. The topological polar surface area (TPSA) is 59.5 Å². The Hall–Kier alpha value is -7.26. The molecule has 0 amide bonds. The molecule has 0 fully saturated rings. The van der Waals surface area contributed by atoms with Crippen molar-refractivity contribution in [3.05, 3.63) is 173 Å². The fourth-order valence-corrected chi connectivity index (χ4v) is 9.30. The summed E-state index contributed by atoms with van der Waals surface area (Å²) in [6, 6.07) is 51.3. The number of hydrogen-bond acceptors (Lipinski definition) is 5. The fraction of sp³-hybridized carbons (Fsp3) is 0. The number of benzene rings is 7. The normalized spacial score (nSPS) is 10.9. The first-order valence-electron chi connectivity index (χ1n) is 16.7. The van der Waals surface area contributed by atoms with E-state index in [0.29, 0.717) is 22.5 Å². The molecule has 244 valence electrons. The van der Waals surface area contributed by atoms with E-state index >= 15 is 0 Å². The number of hydrogen-bond donors (Lipinski definition) is 0. The minimum Gasteiger partial charge on any atom is -0.312 e. The van der Waals surface area contributed by atoms with E-state index in [9.17, 15) is 10.5 Å². The molecule has 7 heteroatoms. The Kier molecular flexibility index (Phi) is 7.66. The zero-order valence-corrected chi connectivity index (χ0v) is 29.5. The minimum atomic E-state index is 0.307. The van der Waals surface area contributed by atoms with E-state index in [1.165, 1.54) is 20.2 Å². The Morgan fingerprint density at radius 2 is 0.943 bits per heavy atom. The molecule has 5 nitrogen and oxygen atoms in total. The van der Waals surface area contributed by atoms with Crippen molar-refractivity contribution < 1.29 is 0 Å². The van der Waals surface area contributed by atoms with Gasteiger partial charge >= 0.3 is 0 Å². The molecule has 0 saturated heterocycles. The Labute approximate surface area is 313 Å². The van der Waals surface area contributed by atoms with Crippen molar-refractivity contribution in [3.63, 3.8) is 0 Å².